The van der Waals surface area contributed by atoms with Gasteiger partial charge in [-0.15, -0.1) is 12.4 Å². The maximum absolute atomic E-state index is 12.2. The fraction of sp³-hybridized carbons (Fsp3) is 0.455. The number of rotatable bonds is 2. The van der Waals surface area contributed by atoms with Gasteiger partial charge in [0.05, 0.1) is 6.42 Å². The van der Waals surface area contributed by atoms with Crippen molar-refractivity contribution >= 4 is 12.4 Å². The van der Waals surface area contributed by atoms with E-state index in [0.29, 0.717) is 5.56 Å². The van der Waals surface area contributed by atoms with Crippen LogP contribution >= 0.6 is 12.4 Å². The van der Waals surface area contributed by atoms with E-state index in [4.69, 9.17) is 5.73 Å². The second-order valence-corrected chi connectivity index (χ2v) is 3.73. The molecule has 0 aliphatic carbocycles. The molecule has 5 heteroatoms. The van der Waals surface area contributed by atoms with Gasteiger partial charge in [0.2, 0.25) is 0 Å². The molecule has 16 heavy (non-hydrogen) atoms. The molecule has 1 aromatic rings. The van der Waals surface area contributed by atoms with Crippen molar-refractivity contribution in [3.05, 3.63) is 34.9 Å². The Hall–Kier alpha value is -0.740. The van der Waals surface area contributed by atoms with E-state index in [0.717, 1.165) is 11.1 Å². The number of aryl methyl sites for hydroxylation is 2. The van der Waals surface area contributed by atoms with Gasteiger partial charge in [-0.1, -0.05) is 18.2 Å². The van der Waals surface area contributed by atoms with Gasteiger partial charge in [-0.05, 0) is 30.5 Å². The molecular weight excluding hydrogens is 239 g/mol. The number of halogens is 4. The first-order chi connectivity index (χ1) is 6.81. The first kappa shape index (κ1) is 15.3. The van der Waals surface area contributed by atoms with Crippen molar-refractivity contribution in [1.29, 1.82) is 0 Å². The molecule has 1 atom stereocenters. The smallest absolute Gasteiger partial charge is 0.324 e. The number of hydrogen-bond donors (Lipinski definition) is 1. The van der Waals surface area contributed by atoms with Crippen molar-refractivity contribution in [2.24, 2.45) is 5.73 Å². The zero-order valence-electron chi connectivity index (χ0n) is 9.14. The first-order valence-electron chi connectivity index (χ1n) is 4.69. The molecule has 0 aromatic heterocycles. The van der Waals surface area contributed by atoms with Crippen LogP contribution in [0.1, 0.15) is 29.2 Å². The standard InChI is InChI=1S/C11H14F3N.ClH/c1-7-4-3-5-8(2)10(7)9(15)6-11(12,13)14;/h3-5,9H,6,15H2,1-2H3;1H/t9-;/m1./s1. The van der Waals surface area contributed by atoms with Crippen molar-refractivity contribution in [2.45, 2.75) is 32.5 Å². The summed E-state index contributed by atoms with van der Waals surface area (Å²) in [7, 11) is 0. The van der Waals surface area contributed by atoms with Crippen LogP contribution in [0.15, 0.2) is 18.2 Å². The second kappa shape index (κ2) is 5.55. The van der Waals surface area contributed by atoms with E-state index in [2.05, 4.69) is 0 Å². The highest BCUT2D eigenvalue weighted by molar-refractivity contribution is 5.85. The molecular formula is C11H15ClF3N. The third-order valence-corrected chi connectivity index (χ3v) is 2.36. The summed E-state index contributed by atoms with van der Waals surface area (Å²) in [5, 5.41) is 0. The highest BCUT2D eigenvalue weighted by Crippen LogP contribution is 2.30. The minimum Gasteiger partial charge on any atom is -0.324 e. The summed E-state index contributed by atoms with van der Waals surface area (Å²) in [6.07, 6.45) is -5.19. The Morgan fingerprint density at radius 2 is 1.62 bits per heavy atom. The maximum Gasteiger partial charge on any atom is 0.390 e. The van der Waals surface area contributed by atoms with E-state index in [1.54, 1.807) is 26.0 Å². The van der Waals surface area contributed by atoms with E-state index >= 15 is 0 Å². The van der Waals surface area contributed by atoms with Crippen LogP contribution in [0.5, 0.6) is 0 Å². The largest absolute Gasteiger partial charge is 0.390 e. The fourth-order valence-corrected chi connectivity index (χ4v) is 1.76. The molecule has 1 nitrogen and oxygen atoms in total. The molecule has 92 valence electrons. The van der Waals surface area contributed by atoms with E-state index in [1.165, 1.54) is 0 Å². The summed E-state index contributed by atoms with van der Waals surface area (Å²) in [5.41, 5.74) is 7.79. The molecule has 0 fully saturated rings. The molecule has 1 aromatic carbocycles. The van der Waals surface area contributed by atoms with E-state index in [1.807, 2.05) is 6.07 Å². The van der Waals surface area contributed by atoms with Crippen LogP contribution in [0.25, 0.3) is 0 Å². The minimum absolute atomic E-state index is 0. The molecule has 0 aliphatic rings. The number of nitrogens with two attached hydrogens (primary N) is 1. The monoisotopic (exact) mass is 253 g/mol. The van der Waals surface area contributed by atoms with Gasteiger partial charge in [-0.25, -0.2) is 0 Å². The van der Waals surface area contributed by atoms with Gasteiger partial charge in [-0.2, -0.15) is 13.2 Å². The number of benzene rings is 1. The van der Waals surface area contributed by atoms with Crippen LogP contribution in [-0.4, -0.2) is 6.18 Å². The predicted molar refractivity (Wildman–Crippen MR) is 60.8 cm³/mol. The SMILES string of the molecule is Cc1cccc(C)c1[C@H](N)CC(F)(F)F.Cl. The zero-order chi connectivity index (χ0) is 11.6. The quantitative estimate of drug-likeness (QED) is 0.855. The summed E-state index contributed by atoms with van der Waals surface area (Å²) in [5.74, 6) is 0. The van der Waals surface area contributed by atoms with Gasteiger partial charge < -0.3 is 5.73 Å². The Kier molecular flexibility index (Phi) is 5.29. The summed E-state index contributed by atoms with van der Waals surface area (Å²) in [6.45, 7) is 3.55. The molecule has 0 aliphatic heterocycles. The maximum atomic E-state index is 12.2. The fourth-order valence-electron chi connectivity index (χ4n) is 1.76. The molecule has 2 N–H and O–H groups in total. The highest BCUT2D eigenvalue weighted by atomic mass is 35.5. The Morgan fingerprint density at radius 3 is 2.00 bits per heavy atom. The lowest BCUT2D eigenvalue weighted by Crippen LogP contribution is -2.21. The second-order valence-electron chi connectivity index (χ2n) is 3.73. The summed E-state index contributed by atoms with van der Waals surface area (Å²) < 4.78 is 36.5. The molecule has 0 radical (unpaired) electrons. The van der Waals surface area contributed by atoms with Gasteiger partial charge in [0, 0.05) is 6.04 Å². The average Bonchev–Trinajstić information content (AvgIpc) is 1.99. The van der Waals surface area contributed by atoms with Crippen molar-refractivity contribution in [3.63, 3.8) is 0 Å². The molecule has 0 unspecified atom stereocenters. The average molecular weight is 254 g/mol. The molecule has 0 amide bonds. The van der Waals surface area contributed by atoms with Crippen LogP contribution in [0.2, 0.25) is 0 Å². The van der Waals surface area contributed by atoms with Gasteiger partial charge >= 0.3 is 6.18 Å². The topological polar surface area (TPSA) is 26.0 Å². The summed E-state index contributed by atoms with van der Waals surface area (Å²) >= 11 is 0. The first-order valence-corrected chi connectivity index (χ1v) is 4.69. The highest BCUT2D eigenvalue weighted by Gasteiger charge is 2.31. The van der Waals surface area contributed by atoms with E-state index in [9.17, 15) is 13.2 Å². The van der Waals surface area contributed by atoms with Crippen LogP contribution in [-0.2, 0) is 0 Å². The van der Waals surface area contributed by atoms with Crippen LogP contribution in [0, 0.1) is 13.8 Å². The van der Waals surface area contributed by atoms with Crippen molar-refractivity contribution in [1.82, 2.24) is 0 Å². The third kappa shape index (κ3) is 4.02. The molecule has 0 saturated heterocycles. The zero-order valence-corrected chi connectivity index (χ0v) is 9.95. The van der Waals surface area contributed by atoms with Crippen molar-refractivity contribution < 1.29 is 13.2 Å². The predicted octanol–water partition coefficient (Wildman–Crippen LogP) is 3.68. The lowest BCUT2D eigenvalue weighted by atomic mass is 9.95. The molecule has 0 spiro atoms. The lowest BCUT2D eigenvalue weighted by molar-refractivity contribution is -0.138. The van der Waals surface area contributed by atoms with Crippen molar-refractivity contribution in [3.8, 4) is 0 Å². The molecule has 1 rings (SSSR count). The van der Waals surface area contributed by atoms with Crippen LogP contribution in [0.3, 0.4) is 0 Å². The van der Waals surface area contributed by atoms with Gasteiger partial charge in [0.1, 0.15) is 0 Å². The third-order valence-electron chi connectivity index (χ3n) is 2.36. The Balaban J connectivity index is 0.00000225. The number of hydrogen-bond acceptors (Lipinski definition) is 1. The van der Waals surface area contributed by atoms with Crippen LogP contribution in [0.4, 0.5) is 13.2 Å². The van der Waals surface area contributed by atoms with E-state index < -0.39 is 18.6 Å². The van der Waals surface area contributed by atoms with Crippen LogP contribution < -0.4 is 5.73 Å². The number of alkyl halides is 3. The summed E-state index contributed by atoms with van der Waals surface area (Å²) in [4.78, 5) is 0. The molecule has 0 saturated carbocycles. The van der Waals surface area contributed by atoms with Gasteiger partial charge in [-0.3, -0.25) is 0 Å². The molecule has 0 bridgehead atoms. The Labute approximate surface area is 99.2 Å². The Morgan fingerprint density at radius 1 is 1.19 bits per heavy atom. The summed E-state index contributed by atoms with van der Waals surface area (Å²) in [6, 6.07) is 4.40. The molecule has 0 heterocycles. The lowest BCUT2D eigenvalue weighted by Gasteiger charge is -2.18. The Bertz CT molecular complexity index is 329. The van der Waals surface area contributed by atoms with Gasteiger partial charge in [0.25, 0.3) is 0 Å². The normalized spacial score (nSPS) is 13.1. The van der Waals surface area contributed by atoms with Crippen molar-refractivity contribution in [2.75, 3.05) is 0 Å². The van der Waals surface area contributed by atoms with E-state index in [-0.39, 0.29) is 12.4 Å². The minimum atomic E-state index is -4.21. The van der Waals surface area contributed by atoms with Gasteiger partial charge in [0.15, 0.2) is 0 Å².